The second kappa shape index (κ2) is 6.46. The molecule has 1 aromatic rings. The van der Waals surface area contributed by atoms with Gasteiger partial charge in [0.2, 0.25) is 15.8 Å². The first-order chi connectivity index (χ1) is 9.71. The van der Waals surface area contributed by atoms with Gasteiger partial charge in [0.25, 0.3) is 0 Å². The number of halogens is 1. The molecule has 0 aliphatic carbocycles. The van der Waals surface area contributed by atoms with E-state index in [9.17, 15) is 22.9 Å². The standard InChI is InChI=1S/C12H18FN3O4S/c1-3-12(4-2,8-14)15-21(19,20)9-5-6-10(13)11(7-9)16(17)18/h5-7,15H,3-4,8,14H2,1-2H3. The maximum absolute atomic E-state index is 13.3. The number of nitrogens with two attached hydrogens (primary N) is 1. The van der Waals surface area contributed by atoms with E-state index in [2.05, 4.69) is 4.72 Å². The highest BCUT2D eigenvalue weighted by molar-refractivity contribution is 7.89. The Hall–Kier alpha value is -1.58. The van der Waals surface area contributed by atoms with Crippen molar-refractivity contribution in [3.05, 3.63) is 34.1 Å². The highest BCUT2D eigenvalue weighted by Gasteiger charge is 2.32. The molecule has 0 saturated carbocycles. The third kappa shape index (κ3) is 3.74. The second-order valence-corrected chi connectivity index (χ2v) is 6.35. The van der Waals surface area contributed by atoms with Crippen molar-refractivity contribution >= 4 is 15.7 Å². The van der Waals surface area contributed by atoms with Crippen LogP contribution in [0, 0.1) is 15.9 Å². The molecule has 0 bridgehead atoms. The summed E-state index contributed by atoms with van der Waals surface area (Å²) in [6, 6.07) is 2.44. The molecule has 0 aliphatic rings. The Labute approximate surface area is 122 Å². The summed E-state index contributed by atoms with van der Waals surface area (Å²) in [4.78, 5) is 9.35. The summed E-state index contributed by atoms with van der Waals surface area (Å²) in [5.41, 5.74) is 3.90. The van der Waals surface area contributed by atoms with E-state index >= 15 is 0 Å². The average Bonchev–Trinajstić information content (AvgIpc) is 2.44. The number of hydrogen-bond acceptors (Lipinski definition) is 5. The largest absolute Gasteiger partial charge is 0.329 e. The van der Waals surface area contributed by atoms with Gasteiger partial charge in [-0.15, -0.1) is 0 Å². The van der Waals surface area contributed by atoms with Crippen LogP contribution in [-0.4, -0.2) is 25.4 Å². The van der Waals surface area contributed by atoms with Crippen LogP contribution in [0.1, 0.15) is 26.7 Å². The SMILES string of the molecule is CCC(CC)(CN)NS(=O)(=O)c1ccc(F)c([N+](=O)[O-])c1. The number of sulfonamides is 1. The van der Waals surface area contributed by atoms with Gasteiger partial charge in [-0.05, 0) is 25.0 Å². The summed E-state index contributed by atoms with van der Waals surface area (Å²) < 4.78 is 40.3. The lowest BCUT2D eigenvalue weighted by atomic mass is 9.95. The molecule has 9 heteroatoms. The average molecular weight is 319 g/mol. The summed E-state index contributed by atoms with van der Waals surface area (Å²) >= 11 is 0. The third-order valence-electron chi connectivity index (χ3n) is 3.52. The fourth-order valence-electron chi connectivity index (χ4n) is 1.87. The van der Waals surface area contributed by atoms with Gasteiger partial charge >= 0.3 is 5.69 Å². The van der Waals surface area contributed by atoms with Crippen LogP contribution in [0.2, 0.25) is 0 Å². The Bertz CT molecular complexity index is 621. The van der Waals surface area contributed by atoms with E-state index in [0.29, 0.717) is 18.9 Å². The molecule has 0 spiro atoms. The highest BCUT2D eigenvalue weighted by atomic mass is 32.2. The van der Waals surface area contributed by atoms with Crippen molar-refractivity contribution in [3.63, 3.8) is 0 Å². The zero-order valence-electron chi connectivity index (χ0n) is 11.8. The molecule has 1 rings (SSSR count). The summed E-state index contributed by atoms with van der Waals surface area (Å²) in [6.07, 6.45) is 0.922. The number of benzene rings is 1. The minimum Gasteiger partial charge on any atom is -0.329 e. The van der Waals surface area contributed by atoms with Crippen LogP contribution in [0.5, 0.6) is 0 Å². The monoisotopic (exact) mass is 319 g/mol. The molecule has 0 amide bonds. The fraction of sp³-hybridized carbons (Fsp3) is 0.500. The lowest BCUT2D eigenvalue weighted by Crippen LogP contribution is -2.52. The van der Waals surface area contributed by atoms with Crippen molar-refractivity contribution < 1.29 is 17.7 Å². The molecule has 7 nitrogen and oxygen atoms in total. The first kappa shape index (κ1) is 17.5. The van der Waals surface area contributed by atoms with Crippen LogP contribution in [0.3, 0.4) is 0 Å². The molecule has 0 unspecified atom stereocenters. The molecule has 0 saturated heterocycles. The number of rotatable bonds is 7. The fourth-order valence-corrected chi connectivity index (χ4v) is 3.44. The molecule has 0 heterocycles. The number of nitrogens with one attached hydrogen (secondary N) is 1. The summed E-state index contributed by atoms with van der Waals surface area (Å²) in [7, 11) is -4.03. The van der Waals surface area contributed by atoms with Crippen LogP contribution < -0.4 is 10.5 Å². The number of hydrogen-bond donors (Lipinski definition) is 2. The van der Waals surface area contributed by atoms with Crippen molar-refractivity contribution in [1.82, 2.24) is 4.72 Å². The van der Waals surface area contributed by atoms with E-state index in [-0.39, 0.29) is 11.4 Å². The van der Waals surface area contributed by atoms with Crippen LogP contribution in [0.25, 0.3) is 0 Å². The molecule has 0 fully saturated rings. The van der Waals surface area contributed by atoms with E-state index in [0.717, 1.165) is 12.1 Å². The molecule has 0 aromatic heterocycles. The van der Waals surface area contributed by atoms with Gasteiger partial charge in [0.05, 0.1) is 9.82 Å². The van der Waals surface area contributed by atoms with Crippen LogP contribution in [-0.2, 0) is 10.0 Å². The maximum atomic E-state index is 13.3. The van der Waals surface area contributed by atoms with Gasteiger partial charge in [-0.1, -0.05) is 13.8 Å². The predicted octanol–water partition coefficient (Wildman–Crippen LogP) is 1.53. The van der Waals surface area contributed by atoms with Gasteiger partial charge in [0.1, 0.15) is 0 Å². The quantitative estimate of drug-likeness (QED) is 0.584. The van der Waals surface area contributed by atoms with Crippen LogP contribution in [0.15, 0.2) is 23.1 Å². The smallest absolute Gasteiger partial charge is 0.306 e. The van der Waals surface area contributed by atoms with Crippen molar-refractivity contribution in [2.24, 2.45) is 5.73 Å². The van der Waals surface area contributed by atoms with Gasteiger partial charge in [0, 0.05) is 18.2 Å². The topological polar surface area (TPSA) is 115 Å². The Kier molecular flexibility index (Phi) is 5.37. The van der Waals surface area contributed by atoms with Crippen molar-refractivity contribution in [2.45, 2.75) is 37.1 Å². The van der Waals surface area contributed by atoms with E-state index in [1.54, 1.807) is 13.8 Å². The molecule has 0 aliphatic heterocycles. The number of nitrogens with zero attached hydrogens (tertiary/aromatic N) is 1. The minimum absolute atomic E-state index is 0.0858. The van der Waals surface area contributed by atoms with E-state index in [1.807, 2.05) is 0 Å². The molecule has 3 N–H and O–H groups in total. The predicted molar refractivity (Wildman–Crippen MR) is 75.7 cm³/mol. The van der Waals surface area contributed by atoms with E-state index in [1.165, 1.54) is 0 Å². The van der Waals surface area contributed by atoms with Crippen molar-refractivity contribution in [3.8, 4) is 0 Å². The first-order valence-electron chi connectivity index (χ1n) is 6.39. The third-order valence-corrected chi connectivity index (χ3v) is 5.10. The van der Waals surface area contributed by atoms with Gasteiger partial charge in [-0.2, -0.15) is 4.39 Å². The number of nitro benzene ring substituents is 1. The zero-order chi connectivity index (χ0) is 16.3. The Morgan fingerprint density at radius 3 is 2.38 bits per heavy atom. The molecule has 1 aromatic carbocycles. The second-order valence-electron chi connectivity index (χ2n) is 4.67. The normalized spacial score (nSPS) is 12.4. The first-order valence-corrected chi connectivity index (χ1v) is 7.87. The van der Waals surface area contributed by atoms with Gasteiger partial charge in [-0.3, -0.25) is 10.1 Å². The van der Waals surface area contributed by atoms with Gasteiger partial charge < -0.3 is 5.73 Å². The Balaban J connectivity index is 3.26. The lowest BCUT2D eigenvalue weighted by Gasteiger charge is -2.30. The highest BCUT2D eigenvalue weighted by Crippen LogP contribution is 2.24. The van der Waals surface area contributed by atoms with Gasteiger partial charge in [0.15, 0.2) is 0 Å². The van der Waals surface area contributed by atoms with E-state index < -0.39 is 32.0 Å². The lowest BCUT2D eigenvalue weighted by molar-refractivity contribution is -0.387. The number of nitro groups is 1. The van der Waals surface area contributed by atoms with Crippen molar-refractivity contribution in [1.29, 1.82) is 0 Å². The van der Waals surface area contributed by atoms with Gasteiger partial charge in [-0.25, -0.2) is 13.1 Å². The van der Waals surface area contributed by atoms with Crippen molar-refractivity contribution in [2.75, 3.05) is 6.54 Å². The Morgan fingerprint density at radius 2 is 1.95 bits per heavy atom. The van der Waals surface area contributed by atoms with Crippen LogP contribution >= 0.6 is 0 Å². The molecule has 21 heavy (non-hydrogen) atoms. The zero-order valence-corrected chi connectivity index (χ0v) is 12.6. The summed E-state index contributed by atoms with van der Waals surface area (Å²) in [6.45, 7) is 3.65. The Morgan fingerprint density at radius 1 is 1.38 bits per heavy atom. The van der Waals surface area contributed by atoms with E-state index in [4.69, 9.17) is 5.73 Å². The molecular weight excluding hydrogens is 301 g/mol. The molecule has 118 valence electrons. The molecule has 0 atom stereocenters. The molecule has 0 radical (unpaired) electrons. The summed E-state index contributed by atoms with van der Waals surface area (Å²) in [5, 5.41) is 10.7. The summed E-state index contributed by atoms with van der Waals surface area (Å²) in [5.74, 6) is -1.09. The van der Waals surface area contributed by atoms with Crippen LogP contribution in [0.4, 0.5) is 10.1 Å². The minimum atomic E-state index is -4.03. The maximum Gasteiger partial charge on any atom is 0.306 e. The molecular formula is C12H18FN3O4S.